The summed E-state index contributed by atoms with van der Waals surface area (Å²) in [5, 5.41) is 0. The van der Waals surface area contributed by atoms with E-state index in [0.29, 0.717) is 5.69 Å². The van der Waals surface area contributed by atoms with Crippen LogP contribution in [0.25, 0.3) is 0 Å². The third kappa shape index (κ3) is 3.81. The molecule has 0 radical (unpaired) electrons. The van der Waals surface area contributed by atoms with Crippen LogP contribution in [0.3, 0.4) is 0 Å². The van der Waals surface area contributed by atoms with E-state index in [2.05, 4.69) is 0 Å². The van der Waals surface area contributed by atoms with Gasteiger partial charge in [0.25, 0.3) is 0 Å². The summed E-state index contributed by atoms with van der Waals surface area (Å²) in [4.78, 5) is 0.150. The van der Waals surface area contributed by atoms with Gasteiger partial charge >= 0.3 is 0 Å². The molecule has 5 heteroatoms. The molecule has 0 saturated heterocycles. The van der Waals surface area contributed by atoms with E-state index in [9.17, 15) is 12.8 Å². The van der Waals surface area contributed by atoms with E-state index in [1.807, 2.05) is 0 Å². The summed E-state index contributed by atoms with van der Waals surface area (Å²) >= 11 is 0. The number of hydrogen-bond donors (Lipinski definition) is 1. The van der Waals surface area contributed by atoms with Crippen LogP contribution in [0.5, 0.6) is 0 Å². The largest absolute Gasteiger partial charge is 0.399 e. The van der Waals surface area contributed by atoms with Crippen molar-refractivity contribution in [2.75, 3.05) is 11.5 Å². The number of anilines is 1. The molecule has 0 spiro atoms. The molecule has 0 atom stereocenters. The van der Waals surface area contributed by atoms with E-state index >= 15 is 0 Å². The molecular formula is C11H16FNO2S. The summed E-state index contributed by atoms with van der Waals surface area (Å²) in [6.07, 6.45) is -0.0237. The fourth-order valence-electron chi connectivity index (χ4n) is 1.20. The molecule has 1 rings (SSSR count). The maximum absolute atomic E-state index is 13.2. The predicted molar refractivity (Wildman–Crippen MR) is 62.7 cm³/mol. The van der Waals surface area contributed by atoms with Gasteiger partial charge in [-0.05, 0) is 38.5 Å². The first-order chi connectivity index (χ1) is 7.21. The number of nitrogen functional groups attached to an aromatic ring is 1. The molecule has 0 aliphatic heterocycles. The number of alkyl halides is 1. The predicted octanol–water partition coefficient (Wildman–Crippen LogP) is 2.18. The first-order valence-electron chi connectivity index (χ1n) is 4.98. The van der Waals surface area contributed by atoms with Gasteiger partial charge in [0.15, 0.2) is 9.84 Å². The fraction of sp³-hybridized carbons (Fsp3) is 0.455. The molecule has 0 heterocycles. The average molecular weight is 245 g/mol. The van der Waals surface area contributed by atoms with E-state index in [-0.39, 0.29) is 17.1 Å². The second kappa shape index (κ2) is 4.41. The molecule has 1 aromatic carbocycles. The molecule has 0 bridgehead atoms. The zero-order valence-corrected chi connectivity index (χ0v) is 10.2. The maximum atomic E-state index is 13.2. The van der Waals surface area contributed by atoms with Crippen LogP contribution < -0.4 is 5.73 Å². The molecular weight excluding hydrogens is 229 g/mol. The van der Waals surface area contributed by atoms with Gasteiger partial charge in [-0.15, -0.1) is 0 Å². The number of nitrogens with two attached hydrogens (primary N) is 1. The first kappa shape index (κ1) is 13.0. The Hall–Kier alpha value is -1.10. The van der Waals surface area contributed by atoms with Crippen LogP contribution in [0, 0.1) is 0 Å². The third-order valence-electron chi connectivity index (χ3n) is 2.18. The lowest BCUT2D eigenvalue weighted by Gasteiger charge is -2.13. The van der Waals surface area contributed by atoms with Gasteiger partial charge in [-0.2, -0.15) is 0 Å². The Balaban J connectivity index is 2.87. The van der Waals surface area contributed by atoms with Crippen LogP contribution in [0.2, 0.25) is 0 Å². The van der Waals surface area contributed by atoms with Crippen LogP contribution in [0.4, 0.5) is 10.1 Å². The van der Waals surface area contributed by atoms with E-state index in [1.165, 1.54) is 26.0 Å². The van der Waals surface area contributed by atoms with Crippen molar-refractivity contribution in [2.24, 2.45) is 0 Å². The van der Waals surface area contributed by atoms with Crippen LogP contribution in [-0.2, 0) is 9.84 Å². The molecule has 0 aliphatic carbocycles. The van der Waals surface area contributed by atoms with Gasteiger partial charge in [0.2, 0.25) is 0 Å². The van der Waals surface area contributed by atoms with Gasteiger partial charge in [0, 0.05) is 5.69 Å². The van der Waals surface area contributed by atoms with Gasteiger partial charge in [-0.1, -0.05) is 6.07 Å². The Morgan fingerprint density at radius 2 is 2.00 bits per heavy atom. The summed E-state index contributed by atoms with van der Waals surface area (Å²) in [6.45, 7) is 2.73. The normalized spacial score (nSPS) is 12.7. The lowest BCUT2D eigenvalue weighted by atomic mass is 10.1. The van der Waals surface area contributed by atoms with Gasteiger partial charge in [0.1, 0.15) is 5.67 Å². The molecule has 90 valence electrons. The second-order valence-corrected chi connectivity index (χ2v) is 6.47. The van der Waals surface area contributed by atoms with Crippen LogP contribution in [0.15, 0.2) is 29.2 Å². The number of hydrogen-bond acceptors (Lipinski definition) is 3. The molecule has 0 saturated carbocycles. The van der Waals surface area contributed by atoms with Gasteiger partial charge < -0.3 is 5.73 Å². The Kier molecular flexibility index (Phi) is 3.57. The van der Waals surface area contributed by atoms with Crippen molar-refractivity contribution < 1.29 is 12.8 Å². The van der Waals surface area contributed by atoms with Gasteiger partial charge in [-0.25, -0.2) is 12.8 Å². The Labute approximate surface area is 95.4 Å². The van der Waals surface area contributed by atoms with Crippen molar-refractivity contribution in [3.8, 4) is 0 Å². The van der Waals surface area contributed by atoms with Crippen molar-refractivity contribution >= 4 is 15.5 Å². The molecule has 2 N–H and O–H groups in total. The Morgan fingerprint density at radius 1 is 1.38 bits per heavy atom. The molecule has 0 amide bonds. The number of halogens is 1. The summed E-state index contributed by atoms with van der Waals surface area (Å²) in [5.41, 5.74) is 4.41. The summed E-state index contributed by atoms with van der Waals surface area (Å²) in [7, 11) is -3.44. The van der Waals surface area contributed by atoms with Crippen molar-refractivity contribution in [3.05, 3.63) is 24.3 Å². The number of benzene rings is 1. The number of sulfone groups is 1. The minimum Gasteiger partial charge on any atom is -0.399 e. The van der Waals surface area contributed by atoms with Crippen molar-refractivity contribution in [1.82, 2.24) is 0 Å². The molecule has 3 nitrogen and oxygen atoms in total. The minimum absolute atomic E-state index is 0.0237. The van der Waals surface area contributed by atoms with E-state index in [0.717, 1.165) is 0 Å². The van der Waals surface area contributed by atoms with Gasteiger partial charge in [0.05, 0.1) is 10.6 Å². The topological polar surface area (TPSA) is 60.2 Å². The summed E-state index contributed by atoms with van der Waals surface area (Å²) in [5.74, 6) is -0.208. The highest BCUT2D eigenvalue weighted by atomic mass is 32.2. The summed E-state index contributed by atoms with van der Waals surface area (Å²) < 4.78 is 36.8. The van der Waals surface area contributed by atoms with Crippen molar-refractivity contribution in [1.29, 1.82) is 0 Å². The van der Waals surface area contributed by atoms with Gasteiger partial charge in [-0.3, -0.25) is 0 Å². The second-order valence-electron chi connectivity index (χ2n) is 4.36. The maximum Gasteiger partial charge on any atom is 0.178 e. The number of rotatable bonds is 4. The first-order valence-corrected chi connectivity index (χ1v) is 6.63. The molecule has 0 fully saturated rings. The molecule has 0 aliphatic rings. The average Bonchev–Trinajstić information content (AvgIpc) is 2.14. The third-order valence-corrected chi connectivity index (χ3v) is 3.90. The monoisotopic (exact) mass is 245 g/mol. The smallest absolute Gasteiger partial charge is 0.178 e. The Bertz CT molecular complexity index is 463. The summed E-state index contributed by atoms with van der Waals surface area (Å²) in [6, 6.07) is 6.04. The zero-order valence-electron chi connectivity index (χ0n) is 9.40. The van der Waals surface area contributed by atoms with Crippen LogP contribution in [-0.4, -0.2) is 19.8 Å². The standard InChI is InChI=1S/C11H16FNO2S/c1-11(2,12)6-7-16(14,15)10-5-3-4-9(13)8-10/h3-5,8H,6-7,13H2,1-2H3. The van der Waals surface area contributed by atoms with Crippen LogP contribution >= 0.6 is 0 Å². The zero-order chi connectivity index (χ0) is 12.4. The highest BCUT2D eigenvalue weighted by Gasteiger charge is 2.22. The SMILES string of the molecule is CC(C)(F)CCS(=O)(=O)c1cccc(N)c1. The lowest BCUT2D eigenvalue weighted by Crippen LogP contribution is -2.18. The lowest BCUT2D eigenvalue weighted by molar-refractivity contribution is 0.211. The molecule has 16 heavy (non-hydrogen) atoms. The van der Waals surface area contributed by atoms with Crippen molar-refractivity contribution in [2.45, 2.75) is 30.8 Å². The van der Waals surface area contributed by atoms with Crippen molar-refractivity contribution in [3.63, 3.8) is 0 Å². The molecule has 0 aromatic heterocycles. The van der Waals surface area contributed by atoms with Crippen LogP contribution in [0.1, 0.15) is 20.3 Å². The highest BCUT2D eigenvalue weighted by Crippen LogP contribution is 2.20. The van der Waals surface area contributed by atoms with E-state index < -0.39 is 15.5 Å². The quantitative estimate of drug-likeness (QED) is 0.827. The molecule has 1 aromatic rings. The molecule has 0 unspecified atom stereocenters. The van der Waals surface area contributed by atoms with E-state index in [1.54, 1.807) is 12.1 Å². The minimum atomic E-state index is -3.44. The Morgan fingerprint density at radius 3 is 2.50 bits per heavy atom. The highest BCUT2D eigenvalue weighted by molar-refractivity contribution is 7.91. The fourth-order valence-corrected chi connectivity index (χ4v) is 2.79. The van der Waals surface area contributed by atoms with E-state index in [4.69, 9.17) is 5.73 Å².